The molecule has 0 bridgehead atoms. The average molecular weight is 255 g/mol. The maximum atomic E-state index is 8.98. The van der Waals surface area contributed by atoms with Gasteiger partial charge in [-0.15, -0.1) is 0 Å². The lowest BCUT2D eigenvalue weighted by molar-refractivity contribution is 0.141. The zero-order valence-electron chi connectivity index (χ0n) is 9.98. The first kappa shape index (κ1) is 12.8. The summed E-state index contributed by atoms with van der Waals surface area (Å²) in [7, 11) is 0. The summed E-state index contributed by atoms with van der Waals surface area (Å²) in [6, 6.07) is 3.73. The fraction of sp³-hybridized carbons (Fsp3) is 0.615. The Morgan fingerprint density at radius 1 is 1.53 bits per heavy atom. The number of pyridine rings is 1. The highest BCUT2D eigenvalue weighted by atomic mass is 35.5. The van der Waals surface area contributed by atoms with Gasteiger partial charge in [0.15, 0.2) is 0 Å². The first-order valence-corrected chi connectivity index (χ1v) is 6.59. The molecule has 2 rings (SSSR count). The van der Waals surface area contributed by atoms with Crippen LogP contribution in [0.3, 0.4) is 0 Å². The number of hydrogen-bond acceptors (Lipinski definition) is 3. The van der Waals surface area contributed by atoms with Crippen molar-refractivity contribution in [3.8, 4) is 0 Å². The summed E-state index contributed by atoms with van der Waals surface area (Å²) in [5.41, 5.74) is 1.03. The zero-order valence-corrected chi connectivity index (χ0v) is 10.7. The smallest absolute Gasteiger partial charge is 0.0558 e. The van der Waals surface area contributed by atoms with Gasteiger partial charge in [-0.1, -0.05) is 11.6 Å². The normalized spacial score (nSPS) is 21.6. The summed E-state index contributed by atoms with van der Waals surface area (Å²) in [4.78, 5) is 6.73. The second-order valence-electron chi connectivity index (χ2n) is 4.72. The van der Waals surface area contributed by atoms with Crippen LogP contribution in [0.25, 0.3) is 0 Å². The summed E-state index contributed by atoms with van der Waals surface area (Å²) >= 11 is 5.95. The molecule has 94 valence electrons. The zero-order chi connectivity index (χ0) is 12.1. The standard InChI is InChI=1S/C13H19ClN2O/c14-12-3-5-15-13(8-12)10-16-6-1-2-11(9-16)4-7-17/h3,5,8,11,17H,1-2,4,6-7,9-10H2. The van der Waals surface area contributed by atoms with E-state index in [0.29, 0.717) is 12.5 Å². The third-order valence-corrected chi connectivity index (χ3v) is 3.54. The minimum Gasteiger partial charge on any atom is -0.396 e. The number of aromatic nitrogens is 1. The van der Waals surface area contributed by atoms with Gasteiger partial charge in [-0.2, -0.15) is 0 Å². The van der Waals surface area contributed by atoms with E-state index in [2.05, 4.69) is 9.88 Å². The Hall–Kier alpha value is -0.640. The second-order valence-corrected chi connectivity index (χ2v) is 5.16. The Bertz CT molecular complexity index is 357. The third kappa shape index (κ3) is 3.95. The van der Waals surface area contributed by atoms with Crippen LogP contribution in [0, 0.1) is 5.92 Å². The maximum Gasteiger partial charge on any atom is 0.0558 e. The van der Waals surface area contributed by atoms with Crippen molar-refractivity contribution in [3.05, 3.63) is 29.0 Å². The molecule has 1 aromatic heterocycles. The van der Waals surface area contributed by atoms with Crippen LogP contribution in [0.4, 0.5) is 0 Å². The molecule has 0 aliphatic carbocycles. The number of rotatable bonds is 4. The van der Waals surface area contributed by atoms with Gasteiger partial charge in [-0.25, -0.2) is 0 Å². The molecule has 1 atom stereocenters. The number of piperidine rings is 1. The number of nitrogens with zero attached hydrogens (tertiary/aromatic N) is 2. The molecule has 1 aliphatic heterocycles. The Kier molecular flexibility index (Phi) is 4.77. The predicted molar refractivity (Wildman–Crippen MR) is 69.0 cm³/mol. The van der Waals surface area contributed by atoms with Crippen molar-refractivity contribution in [3.63, 3.8) is 0 Å². The van der Waals surface area contributed by atoms with Crippen LogP contribution in [0.15, 0.2) is 18.3 Å². The summed E-state index contributed by atoms with van der Waals surface area (Å²) in [6.07, 6.45) is 5.12. The van der Waals surface area contributed by atoms with Crippen molar-refractivity contribution in [2.75, 3.05) is 19.7 Å². The molecule has 3 nitrogen and oxygen atoms in total. The predicted octanol–water partition coefficient (Wildman–Crippen LogP) is 2.33. The van der Waals surface area contributed by atoms with Gasteiger partial charge in [-0.05, 0) is 43.9 Å². The molecule has 4 heteroatoms. The molecule has 1 aliphatic rings. The van der Waals surface area contributed by atoms with Crippen molar-refractivity contribution >= 4 is 11.6 Å². The number of aliphatic hydroxyl groups excluding tert-OH is 1. The van der Waals surface area contributed by atoms with E-state index in [4.69, 9.17) is 16.7 Å². The SMILES string of the molecule is OCCC1CCCN(Cc2cc(Cl)ccn2)C1. The molecule has 0 aromatic carbocycles. The average Bonchev–Trinajstić information content (AvgIpc) is 2.30. The summed E-state index contributed by atoms with van der Waals surface area (Å²) in [5, 5.41) is 9.73. The van der Waals surface area contributed by atoms with E-state index in [1.807, 2.05) is 6.07 Å². The highest BCUT2D eigenvalue weighted by Gasteiger charge is 2.19. The molecule has 0 amide bonds. The van der Waals surface area contributed by atoms with E-state index < -0.39 is 0 Å². The van der Waals surface area contributed by atoms with Crippen molar-refractivity contribution in [1.29, 1.82) is 0 Å². The van der Waals surface area contributed by atoms with E-state index in [9.17, 15) is 0 Å². The molecule has 1 N–H and O–H groups in total. The maximum absolute atomic E-state index is 8.98. The quantitative estimate of drug-likeness (QED) is 0.896. The molecule has 0 spiro atoms. The van der Waals surface area contributed by atoms with Gasteiger partial charge in [-0.3, -0.25) is 9.88 Å². The van der Waals surface area contributed by atoms with Gasteiger partial charge in [0.2, 0.25) is 0 Å². The number of likely N-dealkylation sites (tertiary alicyclic amines) is 1. The summed E-state index contributed by atoms with van der Waals surface area (Å²) < 4.78 is 0. The van der Waals surface area contributed by atoms with E-state index in [1.165, 1.54) is 12.8 Å². The number of halogens is 1. The van der Waals surface area contributed by atoms with E-state index in [-0.39, 0.29) is 0 Å². The fourth-order valence-corrected chi connectivity index (χ4v) is 2.66. The van der Waals surface area contributed by atoms with Crippen molar-refractivity contribution < 1.29 is 5.11 Å². The minimum absolute atomic E-state index is 0.300. The first-order chi connectivity index (χ1) is 8.28. The third-order valence-electron chi connectivity index (χ3n) is 3.30. The Labute approximate surface area is 107 Å². The van der Waals surface area contributed by atoms with Gasteiger partial charge in [0, 0.05) is 30.9 Å². The largest absolute Gasteiger partial charge is 0.396 e. The second kappa shape index (κ2) is 6.34. The van der Waals surface area contributed by atoms with Crippen molar-refractivity contribution in [2.24, 2.45) is 5.92 Å². The lowest BCUT2D eigenvalue weighted by Gasteiger charge is -2.32. The van der Waals surface area contributed by atoms with Crippen LogP contribution in [0.5, 0.6) is 0 Å². The highest BCUT2D eigenvalue weighted by Crippen LogP contribution is 2.21. The van der Waals surface area contributed by atoms with Crippen LogP contribution >= 0.6 is 11.6 Å². The molecule has 2 heterocycles. The molecule has 1 fully saturated rings. The molecule has 1 aromatic rings. The van der Waals surface area contributed by atoms with Gasteiger partial charge in [0.1, 0.15) is 0 Å². The van der Waals surface area contributed by atoms with Crippen molar-refractivity contribution in [2.45, 2.75) is 25.8 Å². The minimum atomic E-state index is 0.300. The Morgan fingerprint density at radius 3 is 3.18 bits per heavy atom. The lowest BCUT2D eigenvalue weighted by atomic mass is 9.95. The summed E-state index contributed by atoms with van der Waals surface area (Å²) in [5.74, 6) is 0.632. The van der Waals surface area contributed by atoms with Gasteiger partial charge in [0.05, 0.1) is 5.69 Å². The number of aliphatic hydroxyl groups is 1. The Morgan fingerprint density at radius 2 is 2.41 bits per heavy atom. The molecule has 0 radical (unpaired) electrons. The Balaban J connectivity index is 1.90. The molecule has 1 unspecified atom stereocenters. The lowest BCUT2D eigenvalue weighted by Crippen LogP contribution is -2.35. The van der Waals surface area contributed by atoms with E-state index in [1.54, 1.807) is 12.3 Å². The van der Waals surface area contributed by atoms with Crippen LogP contribution in [0.1, 0.15) is 25.0 Å². The van der Waals surface area contributed by atoms with Gasteiger partial charge >= 0.3 is 0 Å². The fourth-order valence-electron chi connectivity index (χ4n) is 2.48. The molecule has 1 saturated heterocycles. The molecule has 17 heavy (non-hydrogen) atoms. The van der Waals surface area contributed by atoms with E-state index >= 15 is 0 Å². The van der Waals surface area contributed by atoms with Crippen molar-refractivity contribution in [1.82, 2.24) is 9.88 Å². The molecular weight excluding hydrogens is 236 g/mol. The van der Waals surface area contributed by atoms with Crippen LogP contribution in [-0.4, -0.2) is 34.7 Å². The van der Waals surface area contributed by atoms with Gasteiger partial charge in [0.25, 0.3) is 0 Å². The summed E-state index contributed by atoms with van der Waals surface area (Å²) in [6.45, 7) is 3.35. The van der Waals surface area contributed by atoms with Crippen LogP contribution < -0.4 is 0 Å². The molecular formula is C13H19ClN2O. The number of hydrogen-bond donors (Lipinski definition) is 1. The van der Waals surface area contributed by atoms with Crippen LogP contribution in [0.2, 0.25) is 5.02 Å². The molecule has 0 saturated carbocycles. The van der Waals surface area contributed by atoms with Gasteiger partial charge < -0.3 is 5.11 Å². The monoisotopic (exact) mass is 254 g/mol. The highest BCUT2D eigenvalue weighted by molar-refractivity contribution is 6.30. The first-order valence-electron chi connectivity index (χ1n) is 6.21. The van der Waals surface area contributed by atoms with Crippen LogP contribution in [-0.2, 0) is 6.54 Å². The topological polar surface area (TPSA) is 36.4 Å². The van der Waals surface area contributed by atoms with E-state index in [0.717, 1.165) is 36.8 Å².